The smallest absolute Gasteiger partial charge is 0.250 e. The van der Waals surface area contributed by atoms with Gasteiger partial charge in [-0.15, -0.1) is 0 Å². The Balaban J connectivity index is 1.39. The maximum atomic E-state index is 12.7. The fourth-order valence-corrected chi connectivity index (χ4v) is 9.96. The standard InChI is InChI=1S/C62H67N5O3/c1-58(2,3)37-29-30-47(42(31-37)36-23-18-16-19-24-36)66-50-41-27-22-28-48-49(41)67(55(50)63-54(66)44-33-39(60(7,8)9)35-46(52(44)69)62(13,14)15)56-57(70-48)65(40-25-20-17-21-26-40)53(64-56)43-32-38(59(4,5)6)34-45(51(43)68)61(10,11)12/h16-35,68-69H,1-15H3. The minimum atomic E-state index is -0.381. The van der Waals surface area contributed by atoms with Crippen LogP contribution in [0, 0.1) is 0 Å². The lowest BCUT2D eigenvalue weighted by atomic mass is 9.78. The Hall–Kier alpha value is -7.06. The lowest BCUT2D eigenvalue weighted by molar-refractivity contribution is 0.443. The average Bonchev–Trinajstić information content (AvgIpc) is 3.95. The molecule has 0 saturated carbocycles. The minimum Gasteiger partial charge on any atom is -0.507 e. The van der Waals surface area contributed by atoms with Gasteiger partial charge in [0.2, 0.25) is 5.82 Å². The summed E-state index contributed by atoms with van der Waals surface area (Å²) in [6.07, 6.45) is 0. The van der Waals surface area contributed by atoms with Crippen LogP contribution in [0.4, 0.5) is 0 Å². The summed E-state index contributed by atoms with van der Waals surface area (Å²) >= 11 is 0. The molecule has 10 rings (SSSR count). The molecule has 8 heteroatoms. The van der Waals surface area contributed by atoms with E-state index in [0.717, 1.165) is 61.2 Å². The van der Waals surface area contributed by atoms with Crippen molar-refractivity contribution in [1.29, 1.82) is 0 Å². The number of rotatable bonds is 5. The van der Waals surface area contributed by atoms with Gasteiger partial charge in [0.1, 0.15) is 22.5 Å². The van der Waals surface area contributed by atoms with Crippen LogP contribution in [-0.2, 0) is 27.1 Å². The highest BCUT2D eigenvalue weighted by atomic mass is 16.5. The monoisotopic (exact) mass is 930 g/mol. The van der Waals surface area contributed by atoms with Gasteiger partial charge in [0.05, 0.1) is 22.5 Å². The number of imidazole rings is 2. The molecule has 0 atom stereocenters. The molecule has 4 heterocycles. The normalized spacial score (nSPS) is 13.3. The van der Waals surface area contributed by atoms with Crippen LogP contribution < -0.4 is 4.74 Å². The Bertz CT molecular complexity index is 3530. The molecule has 0 aliphatic carbocycles. The number of phenolic OH excluding ortho intramolecular Hbond substituents is 2. The van der Waals surface area contributed by atoms with E-state index < -0.39 is 0 Å². The number of aromatic hydroxyl groups is 2. The van der Waals surface area contributed by atoms with Crippen molar-refractivity contribution >= 4 is 22.1 Å². The molecule has 0 saturated heterocycles. The average molecular weight is 930 g/mol. The first-order valence-corrected chi connectivity index (χ1v) is 24.6. The number of phenols is 2. The molecule has 1 aliphatic rings. The lowest BCUT2D eigenvalue weighted by Gasteiger charge is -2.28. The zero-order valence-corrected chi connectivity index (χ0v) is 43.6. The van der Waals surface area contributed by atoms with E-state index in [-0.39, 0.29) is 38.6 Å². The summed E-state index contributed by atoms with van der Waals surface area (Å²) in [7, 11) is 0. The number of fused-ring (bicyclic) bond motifs is 5. The zero-order chi connectivity index (χ0) is 50.2. The summed E-state index contributed by atoms with van der Waals surface area (Å²) < 4.78 is 13.5. The number of benzene rings is 6. The molecular formula is C62H67N5O3. The van der Waals surface area contributed by atoms with Crippen molar-refractivity contribution in [3.05, 3.63) is 149 Å². The molecule has 1 aliphatic heterocycles. The van der Waals surface area contributed by atoms with E-state index in [4.69, 9.17) is 14.7 Å². The molecular weight excluding hydrogens is 863 g/mol. The van der Waals surface area contributed by atoms with E-state index in [1.54, 1.807) is 0 Å². The quantitative estimate of drug-likeness (QED) is 0.179. The molecule has 6 aromatic carbocycles. The van der Waals surface area contributed by atoms with Crippen LogP contribution in [0.1, 0.15) is 132 Å². The molecule has 0 fully saturated rings. The number of nitrogens with zero attached hydrogens (tertiary/aromatic N) is 5. The third kappa shape index (κ3) is 7.58. The van der Waals surface area contributed by atoms with Gasteiger partial charge in [0.25, 0.3) is 5.88 Å². The van der Waals surface area contributed by atoms with Gasteiger partial charge < -0.3 is 14.9 Å². The van der Waals surface area contributed by atoms with Crippen LogP contribution in [-0.4, -0.2) is 33.9 Å². The topological polar surface area (TPSA) is 90.3 Å². The molecule has 2 N–H and O–H groups in total. The summed E-state index contributed by atoms with van der Waals surface area (Å²) in [5, 5.41) is 26.2. The predicted octanol–water partition coefficient (Wildman–Crippen LogP) is 16.2. The van der Waals surface area contributed by atoms with E-state index in [2.05, 4.69) is 192 Å². The van der Waals surface area contributed by atoms with Crippen LogP contribution in [0.3, 0.4) is 0 Å². The second-order valence-corrected chi connectivity index (χ2v) is 24.5. The summed E-state index contributed by atoms with van der Waals surface area (Å²) in [5.74, 6) is 3.23. The number of hydrogen-bond acceptors (Lipinski definition) is 5. The van der Waals surface area contributed by atoms with E-state index >= 15 is 0 Å². The Labute approximate surface area is 413 Å². The molecule has 70 heavy (non-hydrogen) atoms. The van der Waals surface area contributed by atoms with Crippen LogP contribution in [0.25, 0.3) is 73.2 Å². The van der Waals surface area contributed by atoms with Gasteiger partial charge in [0.15, 0.2) is 23.0 Å². The van der Waals surface area contributed by atoms with Crippen molar-refractivity contribution in [1.82, 2.24) is 23.7 Å². The third-order valence-corrected chi connectivity index (χ3v) is 14.0. The Morgan fingerprint density at radius 1 is 0.443 bits per heavy atom. The Kier molecular flexibility index (Phi) is 10.5. The Morgan fingerprint density at radius 2 is 0.957 bits per heavy atom. The first kappa shape index (κ1) is 46.7. The molecule has 0 amide bonds. The highest BCUT2D eigenvalue weighted by Crippen LogP contribution is 2.52. The maximum absolute atomic E-state index is 12.7. The predicted molar refractivity (Wildman–Crippen MR) is 288 cm³/mol. The van der Waals surface area contributed by atoms with Gasteiger partial charge in [-0.3, -0.25) is 13.7 Å². The largest absolute Gasteiger partial charge is 0.507 e. The number of para-hydroxylation sites is 2. The number of aromatic nitrogens is 5. The van der Waals surface area contributed by atoms with Crippen molar-refractivity contribution in [3.8, 4) is 74.2 Å². The second-order valence-electron chi connectivity index (χ2n) is 24.5. The van der Waals surface area contributed by atoms with Crippen molar-refractivity contribution in [2.45, 2.75) is 131 Å². The first-order valence-electron chi connectivity index (χ1n) is 24.6. The minimum absolute atomic E-state index is 0.128. The van der Waals surface area contributed by atoms with E-state index in [9.17, 15) is 10.2 Å². The Morgan fingerprint density at radius 3 is 1.49 bits per heavy atom. The van der Waals surface area contributed by atoms with Gasteiger partial charge in [-0.1, -0.05) is 183 Å². The molecule has 0 radical (unpaired) electrons. The zero-order valence-electron chi connectivity index (χ0n) is 43.6. The number of ether oxygens (including phenoxy) is 1. The maximum Gasteiger partial charge on any atom is 0.250 e. The van der Waals surface area contributed by atoms with Crippen LogP contribution in [0.2, 0.25) is 0 Å². The molecule has 0 unspecified atom stereocenters. The van der Waals surface area contributed by atoms with Crippen molar-refractivity contribution in [3.63, 3.8) is 0 Å². The SMILES string of the molecule is CC(C)(C)c1ccc(-n2c(-c3cc(C(C)(C)C)cc(C(C)(C)C)c3O)nc3c2c2cccc4c2n3-c2nc(-c3cc(C(C)(C)C)cc(C(C)(C)C)c3O)n(-c3ccccc3)c2O4)c(-c2ccccc2)c1. The molecule has 0 bridgehead atoms. The summed E-state index contributed by atoms with van der Waals surface area (Å²) in [5.41, 5.74) is 11.2. The van der Waals surface area contributed by atoms with Gasteiger partial charge in [0, 0.05) is 22.1 Å². The summed E-state index contributed by atoms with van der Waals surface area (Å²) in [6, 6.07) is 42.1. The fraction of sp³-hybridized carbons (Fsp3) is 0.323. The molecule has 8 nitrogen and oxygen atoms in total. The fourth-order valence-electron chi connectivity index (χ4n) is 9.96. The van der Waals surface area contributed by atoms with E-state index in [1.807, 2.05) is 47.0 Å². The van der Waals surface area contributed by atoms with Crippen LogP contribution >= 0.6 is 0 Å². The highest BCUT2D eigenvalue weighted by molar-refractivity contribution is 6.11. The lowest BCUT2D eigenvalue weighted by Crippen LogP contribution is -2.17. The van der Waals surface area contributed by atoms with Crippen LogP contribution in [0.15, 0.2) is 121 Å². The third-order valence-electron chi connectivity index (χ3n) is 14.0. The van der Waals surface area contributed by atoms with E-state index in [1.165, 1.54) is 5.56 Å². The summed E-state index contributed by atoms with van der Waals surface area (Å²) in [4.78, 5) is 11.4. The molecule has 358 valence electrons. The molecule has 0 spiro atoms. The van der Waals surface area contributed by atoms with E-state index in [0.29, 0.717) is 45.9 Å². The van der Waals surface area contributed by atoms with Gasteiger partial charge >= 0.3 is 0 Å². The van der Waals surface area contributed by atoms with Crippen molar-refractivity contribution in [2.75, 3.05) is 0 Å². The van der Waals surface area contributed by atoms with Crippen molar-refractivity contribution < 1.29 is 14.9 Å². The van der Waals surface area contributed by atoms with Gasteiger partial charge in [-0.2, -0.15) is 0 Å². The van der Waals surface area contributed by atoms with Crippen LogP contribution in [0.5, 0.6) is 23.1 Å². The van der Waals surface area contributed by atoms with Crippen molar-refractivity contribution in [2.24, 2.45) is 0 Å². The summed E-state index contributed by atoms with van der Waals surface area (Å²) in [6.45, 7) is 32.8. The molecule has 3 aromatic heterocycles. The first-order chi connectivity index (χ1) is 32.7. The number of hydrogen-bond donors (Lipinski definition) is 2. The highest BCUT2D eigenvalue weighted by Gasteiger charge is 2.37. The van der Waals surface area contributed by atoms with Gasteiger partial charge in [-0.05, 0) is 91.8 Å². The second kappa shape index (κ2) is 15.7. The van der Waals surface area contributed by atoms with Gasteiger partial charge in [-0.25, -0.2) is 9.97 Å². The molecule has 9 aromatic rings.